The summed E-state index contributed by atoms with van der Waals surface area (Å²) in [6, 6.07) is 2.95. The number of aromatic amines is 1. The zero-order valence-electron chi connectivity index (χ0n) is 22.2. The van der Waals surface area contributed by atoms with Crippen LogP contribution in [0.4, 0.5) is 0 Å². The third-order valence-electron chi connectivity index (χ3n) is 6.21. The molecule has 0 bridgehead atoms. The van der Waals surface area contributed by atoms with Gasteiger partial charge in [0.2, 0.25) is 17.7 Å². The Morgan fingerprint density at radius 1 is 0.949 bits per heavy atom. The van der Waals surface area contributed by atoms with E-state index >= 15 is 0 Å². The number of fused-ring (bicyclic) bond motifs is 1. The largest absolute Gasteiger partial charge is 0.481 e. The van der Waals surface area contributed by atoms with E-state index in [1.54, 1.807) is 20.0 Å². The van der Waals surface area contributed by atoms with Crippen molar-refractivity contribution >= 4 is 52.3 Å². The van der Waals surface area contributed by atoms with Gasteiger partial charge in [-0.3, -0.25) is 19.2 Å². The number of hydrogen-bond acceptors (Lipinski definition) is 7. The summed E-state index contributed by atoms with van der Waals surface area (Å²) in [4.78, 5) is 64.9. The van der Waals surface area contributed by atoms with E-state index in [4.69, 9.17) is 10.8 Å². The third-order valence-corrected chi connectivity index (χ3v) is 6.86. The Hall–Kier alpha value is -3.58. The van der Waals surface area contributed by atoms with Crippen molar-refractivity contribution in [3.8, 4) is 0 Å². The van der Waals surface area contributed by atoms with Crippen LogP contribution in [0.25, 0.3) is 10.9 Å². The minimum Gasteiger partial charge on any atom is -0.481 e. The van der Waals surface area contributed by atoms with Crippen LogP contribution < -0.4 is 21.7 Å². The summed E-state index contributed by atoms with van der Waals surface area (Å²) in [5.41, 5.74) is 7.39. The fourth-order valence-electron chi connectivity index (χ4n) is 3.96. The molecule has 4 unspecified atom stereocenters. The van der Waals surface area contributed by atoms with Crippen molar-refractivity contribution in [3.05, 3.63) is 36.0 Å². The Kier molecular flexibility index (Phi) is 12.3. The Bertz CT molecular complexity index is 1170. The lowest BCUT2D eigenvalue weighted by Gasteiger charge is -2.26. The Labute approximate surface area is 230 Å². The lowest BCUT2D eigenvalue weighted by molar-refractivity contribution is -0.143. The normalized spacial score (nSPS) is 14.3. The fraction of sp³-hybridized carbons (Fsp3) is 0.500. The molecular formula is C26H37N5O7S. The average molecular weight is 564 g/mol. The molecule has 1 aromatic heterocycles. The summed E-state index contributed by atoms with van der Waals surface area (Å²) in [7, 11) is 0. The van der Waals surface area contributed by atoms with Crippen LogP contribution in [0.15, 0.2) is 30.5 Å². The van der Waals surface area contributed by atoms with Crippen molar-refractivity contribution in [2.75, 3.05) is 12.0 Å². The number of thioether (sulfide) groups is 1. The maximum Gasteiger partial charge on any atom is 0.326 e. The molecule has 0 radical (unpaired) electrons. The molecule has 0 saturated carbocycles. The molecule has 8 N–H and O–H groups in total. The van der Waals surface area contributed by atoms with Crippen molar-refractivity contribution in [2.45, 2.75) is 63.7 Å². The van der Waals surface area contributed by atoms with E-state index in [-0.39, 0.29) is 25.7 Å². The molecule has 0 fully saturated rings. The highest BCUT2D eigenvalue weighted by atomic mass is 32.2. The molecule has 12 nitrogen and oxygen atoms in total. The van der Waals surface area contributed by atoms with Gasteiger partial charge in [0, 0.05) is 29.9 Å². The van der Waals surface area contributed by atoms with Gasteiger partial charge in [0.1, 0.15) is 18.1 Å². The van der Waals surface area contributed by atoms with Gasteiger partial charge >= 0.3 is 11.9 Å². The summed E-state index contributed by atoms with van der Waals surface area (Å²) in [6.45, 7) is 3.32. The SMILES string of the molecule is CSCCC(NC(=O)C(N)CCC(=O)O)C(=O)NC(Cc1c[nH]c2ccccc12)C(=O)NC(C(=O)O)C(C)C. The minimum absolute atomic E-state index is 0.0628. The zero-order chi connectivity index (χ0) is 29.1. The van der Waals surface area contributed by atoms with Crippen LogP contribution in [-0.2, 0) is 30.4 Å². The number of aliphatic carboxylic acids is 2. The number of nitrogens with one attached hydrogen (secondary N) is 4. The van der Waals surface area contributed by atoms with Gasteiger partial charge in [0.25, 0.3) is 0 Å². The van der Waals surface area contributed by atoms with Crippen LogP contribution in [0.2, 0.25) is 0 Å². The molecule has 0 spiro atoms. The highest BCUT2D eigenvalue weighted by Gasteiger charge is 2.32. The van der Waals surface area contributed by atoms with Gasteiger partial charge in [-0.15, -0.1) is 0 Å². The molecule has 39 heavy (non-hydrogen) atoms. The number of para-hydroxylation sites is 1. The standard InChI is InChI=1S/C26H37N5O7S/c1-14(2)22(26(37)38)31-25(36)20(12-15-13-28-18-7-5-4-6-16(15)18)30-24(35)19(10-11-39-3)29-23(34)17(27)8-9-21(32)33/h4-7,13-14,17,19-20,22,28H,8-12,27H2,1-3H3,(H,29,34)(H,30,35)(H,31,36)(H,32,33)(H,37,38). The summed E-state index contributed by atoms with van der Waals surface area (Å²) in [6.07, 6.45) is 3.45. The maximum atomic E-state index is 13.4. The number of carbonyl (C=O) groups excluding carboxylic acids is 3. The van der Waals surface area contributed by atoms with Crippen LogP contribution in [0.5, 0.6) is 0 Å². The zero-order valence-corrected chi connectivity index (χ0v) is 23.0. The number of nitrogens with two attached hydrogens (primary N) is 1. The molecule has 0 aliphatic heterocycles. The highest BCUT2D eigenvalue weighted by Crippen LogP contribution is 2.19. The molecule has 4 atom stereocenters. The van der Waals surface area contributed by atoms with E-state index in [0.717, 1.165) is 16.5 Å². The Morgan fingerprint density at radius 3 is 2.21 bits per heavy atom. The summed E-state index contributed by atoms with van der Waals surface area (Å²) < 4.78 is 0. The molecule has 1 aromatic carbocycles. The van der Waals surface area contributed by atoms with Crippen molar-refractivity contribution in [1.82, 2.24) is 20.9 Å². The minimum atomic E-state index is -1.20. The van der Waals surface area contributed by atoms with Crippen molar-refractivity contribution in [1.29, 1.82) is 0 Å². The number of aromatic nitrogens is 1. The van der Waals surface area contributed by atoms with Crippen molar-refractivity contribution in [2.24, 2.45) is 11.7 Å². The van der Waals surface area contributed by atoms with E-state index < -0.39 is 59.7 Å². The first-order valence-corrected chi connectivity index (χ1v) is 14.0. The van der Waals surface area contributed by atoms with Gasteiger partial charge in [-0.2, -0.15) is 11.8 Å². The number of carboxylic acids is 2. The molecule has 2 rings (SSSR count). The quantitative estimate of drug-likeness (QED) is 0.154. The number of hydrogen-bond donors (Lipinski definition) is 7. The van der Waals surface area contributed by atoms with Crippen LogP contribution in [0.3, 0.4) is 0 Å². The van der Waals surface area contributed by atoms with Gasteiger partial charge in [-0.25, -0.2) is 4.79 Å². The Morgan fingerprint density at radius 2 is 1.59 bits per heavy atom. The second-order valence-corrected chi connectivity index (χ2v) is 10.6. The van der Waals surface area contributed by atoms with E-state index in [0.29, 0.717) is 5.75 Å². The molecule has 13 heteroatoms. The third kappa shape index (κ3) is 9.59. The van der Waals surface area contributed by atoms with E-state index in [1.165, 1.54) is 11.8 Å². The number of rotatable bonds is 16. The lowest BCUT2D eigenvalue weighted by atomic mass is 10.0. The van der Waals surface area contributed by atoms with E-state index in [1.807, 2.05) is 30.5 Å². The van der Waals surface area contributed by atoms with Gasteiger partial charge in [0.05, 0.1) is 6.04 Å². The smallest absolute Gasteiger partial charge is 0.326 e. The topological polar surface area (TPSA) is 204 Å². The van der Waals surface area contributed by atoms with Crippen molar-refractivity contribution in [3.63, 3.8) is 0 Å². The predicted octanol–water partition coefficient (Wildman–Crippen LogP) is 0.851. The molecule has 214 valence electrons. The second-order valence-electron chi connectivity index (χ2n) is 9.57. The van der Waals surface area contributed by atoms with E-state index in [2.05, 4.69) is 20.9 Å². The summed E-state index contributed by atoms with van der Waals surface area (Å²) in [5.74, 6) is -4.19. The van der Waals surface area contributed by atoms with Gasteiger partial charge in [-0.05, 0) is 42.4 Å². The monoisotopic (exact) mass is 563 g/mol. The van der Waals surface area contributed by atoms with Crippen LogP contribution in [0, 0.1) is 5.92 Å². The lowest BCUT2D eigenvalue weighted by Crippen LogP contribution is -2.58. The number of carbonyl (C=O) groups is 5. The first-order chi connectivity index (χ1) is 18.4. The molecule has 3 amide bonds. The first-order valence-electron chi connectivity index (χ1n) is 12.6. The molecule has 0 aliphatic carbocycles. The van der Waals surface area contributed by atoms with Gasteiger partial charge in [-0.1, -0.05) is 32.0 Å². The average Bonchev–Trinajstić information content (AvgIpc) is 3.29. The molecule has 0 aliphatic rings. The van der Waals surface area contributed by atoms with Crippen molar-refractivity contribution < 1.29 is 34.2 Å². The fourth-order valence-corrected chi connectivity index (χ4v) is 4.43. The second kappa shape index (κ2) is 15.1. The number of carboxylic acid groups (broad SMARTS) is 2. The van der Waals surface area contributed by atoms with Crippen LogP contribution in [0.1, 0.15) is 38.7 Å². The first kappa shape index (κ1) is 31.6. The Balaban J connectivity index is 2.28. The maximum absolute atomic E-state index is 13.4. The highest BCUT2D eigenvalue weighted by molar-refractivity contribution is 7.98. The predicted molar refractivity (Wildman–Crippen MR) is 148 cm³/mol. The molecular weight excluding hydrogens is 526 g/mol. The van der Waals surface area contributed by atoms with Gasteiger partial charge in [0.15, 0.2) is 0 Å². The number of benzene rings is 1. The van der Waals surface area contributed by atoms with Gasteiger partial charge < -0.3 is 36.9 Å². The number of H-pyrrole nitrogens is 1. The van der Waals surface area contributed by atoms with Crippen LogP contribution in [-0.4, -0.2) is 81.0 Å². The molecule has 0 saturated heterocycles. The summed E-state index contributed by atoms with van der Waals surface area (Å²) >= 11 is 1.45. The van der Waals surface area contributed by atoms with Crippen LogP contribution >= 0.6 is 11.8 Å². The molecule has 2 aromatic rings. The van der Waals surface area contributed by atoms with E-state index in [9.17, 15) is 29.1 Å². The summed E-state index contributed by atoms with van der Waals surface area (Å²) in [5, 5.41) is 27.0. The molecule has 1 heterocycles. The number of amides is 3.